The predicted octanol–water partition coefficient (Wildman–Crippen LogP) is 2.21. The Bertz CT molecular complexity index is 837. The number of hydrogen-bond donors (Lipinski definition) is 3. The number of carboxylic acids is 1. The number of aliphatic carboxylic acids is 1. The highest BCUT2D eigenvalue weighted by molar-refractivity contribution is 6.36. The van der Waals surface area contributed by atoms with E-state index in [1.54, 1.807) is 20.8 Å². The second-order valence-electron chi connectivity index (χ2n) is 10.2. The zero-order valence-electron chi connectivity index (χ0n) is 17.1. The Morgan fingerprint density at radius 1 is 1.21 bits per heavy atom. The normalized spacial score (nSPS) is 51.5. The highest BCUT2D eigenvalue weighted by Gasteiger charge is 2.76. The quantitative estimate of drug-likeness (QED) is 0.604. The van der Waals surface area contributed by atoms with Gasteiger partial charge < -0.3 is 15.3 Å². The minimum atomic E-state index is -2.15. The molecule has 4 rings (SSSR count). The SMILES string of the molecule is CC1C[C@H]2[C@@H]3CCC4=CC(=O)CC[C@]4(C)[C@@]3(F)C(O)C[C@]2(C)[C@@]1(O)C(=O)C(=O)O. The molecule has 2 unspecified atom stereocenters. The summed E-state index contributed by atoms with van der Waals surface area (Å²) in [6.45, 7) is 5.03. The number of carbonyl (C=O) groups excluding carboxylic acids is 2. The maximum Gasteiger partial charge on any atom is 0.375 e. The molecule has 0 aromatic rings. The lowest BCUT2D eigenvalue weighted by Gasteiger charge is -2.63. The molecule has 3 N–H and O–H groups in total. The van der Waals surface area contributed by atoms with Gasteiger partial charge in [0, 0.05) is 23.2 Å². The third-order valence-corrected chi connectivity index (χ3v) is 9.16. The highest BCUT2D eigenvalue weighted by atomic mass is 19.1. The van der Waals surface area contributed by atoms with Crippen LogP contribution in [0.2, 0.25) is 0 Å². The number of aliphatic hydroxyl groups is 2. The van der Waals surface area contributed by atoms with Gasteiger partial charge in [0.15, 0.2) is 5.78 Å². The van der Waals surface area contributed by atoms with E-state index in [-0.39, 0.29) is 18.6 Å². The summed E-state index contributed by atoms with van der Waals surface area (Å²) in [5.74, 6) is -4.72. The van der Waals surface area contributed by atoms with Gasteiger partial charge in [-0.2, -0.15) is 0 Å². The van der Waals surface area contributed by atoms with Crippen LogP contribution in [0.4, 0.5) is 4.39 Å². The summed E-state index contributed by atoms with van der Waals surface area (Å²) in [5, 5.41) is 31.8. The molecule has 7 heteroatoms. The molecule has 0 spiro atoms. The van der Waals surface area contributed by atoms with Crippen LogP contribution in [-0.4, -0.2) is 50.2 Å². The molecule has 0 bridgehead atoms. The van der Waals surface area contributed by atoms with Crippen molar-refractivity contribution < 1.29 is 34.1 Å². The van der Waals surface area contributed by atoms with Gasteiger partial charge in [0.05, 0.1) is 6.10 Å². The van der Waals surface area contributed by atoms with Crippen molar-refractivity contribution in [3.8, 4) is 0 Å². The smallest absolute Gasteiger partial charge is 0.375 e. The van der Waals surface area contributed by atoms with E-state index >= 15 is 4.39 Å². The van der Waals surface area contributed by atoms with Gasteiger partial charge >= 0.3 is 5.97 Å². The van der Waals surface area contributed by atoms with E-state index in [0.29, 0.717) is 25.7 Å². The number of carbonyl (C=O) groups is 3. The van der Waals surface area contributed by atoms with Crippen LogP contribution >= 0.6 is 0 Å². The number of hydrogen-bond acceptors (Lipinski definition) is 5. The molecule has 0 heterocycles. The average molecular weight is 408 g/mol. The van der Waals surface area contributed by atoms with Crippen molar-refractivity contribution >= 4 is 17.5 Å². The fourth-order valence-corrected chi connectivity index (χ4v) is 7.55. The fraction of sp³-hybridized carbons (Fsp3) is 0.773. The molecule has 160 valence electrons. The second-order valence-corrected chi connectivity index (χ2v) is 10.2. The summed E-state index contributed by atoms with van der Waals surface area (Å²) >= 11 is 0. The van der Waals surface area contributed by atoms with Crippen LogP contribution in [-0.2, 0) is 14.4 Å². The van der Waals surface area contributed by atoms with Crippen molar-refractivity contribution in [1.82, 2.24) is 0 Å². The number of allylic oxidation sites excluding steroid dienone is 1. The Kier molecular flexibility index (Phi) is 4.26. The molecule has 4 aliphatic rings. The Morgan fingerprint density at radius 3 is 2.48 bits per heavy atom. The zero-order chi connectivity index (χ0) is 21.6. The van der Waals surface area contributed by atoms with Crippen molar-refractivity contribution in [2.45, 2.75) is 76.7 Å². The van der Waals surface area contributed by atoms with E-state index in [1.807, 2.05) is 0 Å². The van der Waals surface area contributed by atoms with Crippen LogP contribution in [0.5, 0.6) is 0 Å². The van der Waals surface area contributed by atoms with E-state index in [2.05, 4.69) is 0 Å². The summed E-state index contributed by atoms with van der Waals surface area (Å²) in [6, 6.07) is 0. The maximum atomic E-state index is 16.9. The molecule has 6 nitrogen and oxygen atoms in total. The van der Waals surface area contributed by atoms with Crippen molar-refractivity contribution in [2.75, 3.05) is 0 Å². The van der Waals surface area contributed by atoms with E-state index in [4.69, 9.17) is 0 Å². The standard InChI is InChI=1S/C22H29FO6/c1-11-8-15-14-5-4-12-9-13(24)6-7-19(12,2)21(14,23)16(25)10-20(15,3)22(11,29)17(26)18(27)28/h9,11,14-16,25,29H,4-8,10H2,1-3H3,(H,27,28)/t11?,14-,15-,16?,19-,20-,21-,22-/m0/s1. The molecule has 0 aromatic heterocycles. The monoisotopic (exact) mass is 408 g/mol. The third-order valence-electron chi connectivity index (χ3n) is 9.16. The third kappa shape index (κ3) is 2.21. The fourth-order valence-electron chi connectivity index (χ4n) is 7.55. The Morgan fingerprint density at radius 2 is 1.86 bits per heavy atom. The molecular formula is C22H29FO6. The minimum absolute atomic E-state index is 0.0226. The Labute approximate surface area is 169 Å². The molecule has 3 fully saturated rings. The first-order chi connectivity index (χ1) is 13.3. The molecule has 0 saturated heterocycles. The number of Topliss-reactive ketones (excluding diaryl/α,β-unsaturated/α-hetero) is 1. The van der Waals surface area contributed by atoms with Crippen LogP contribution in [0.15, 0.2) is 11.6 Å². The number of aliphatic hydroxyl groups excluding tert-OH is 1. The second kappa shape index (κ2) is 5.97. The van der Waals surface area contributed by atoms with Crippen molar-refractivity contribution in [3.63, 3.8) is 0 Å². The number of carboxylic acid groups (broad SMARTS) is 1. The van der Waals surface area contributed by atoms with Gasteiger partial charge in [0.25, 0.3) is 5.78 Å². The highest BCUT2D eigenvalue weighted by Crippen LogP contribution is 2.71. The van der Waals surface area contributed by atoms with Crippen LogP contribution in [0.1, 0.15) is 59.3 Å². The van der Waals surface area contributed by atoms with Gasteiger partial charge in [-0.3, -0.25) is 9.59 Å². The van der Waals surface area contributed by atoms with Gasteiger partial charge in [-0.25, -0.2) is 9.18 Å². The molecule has 0 amide bonds. The summed E-state index contributed by atoms with van der Waals surface area (Å²) in [7, 11) is 0. The number of halogens is 1. The minimum Gasteiger partial charge on any atom is -0.475 e. The topological polar surface area (TPSA) is 112 Å². The van der Waals surface area contributed by atoms with Crippen molar-refractivity contribution in [2.24, 2.45) is 28.6 Å². The molecule has 3 saturated carbocycles. The summed E-state index contributed by atoms with van der Waals surface area (Å²) in [4.78, 5) is 35.9. The molecular weight excluding hydrogens is 379 g/mol. The zero-order valence-corrected chi connectivity index (χ0v) is 17.1. The Hall–Kier alpha value is -1.60. The number of rotatable bonds is 2. The molecule has 0 aromatic carbocycles. The first kappa shape index (κ1) is 20.7. The van der Waals surface area contributed by atoms with Crippen molar-refractivity contribution in [3.05, 3.63) is 11.6 Å². The summed E-state index contributed by atoms with van der Waals surface area (Å²) in [5.41, 5.74) is -5.61. The van der Waals surface area contributed by atoms with E-state index in [1.165, 1.54) is 6.08 Å². The van der Waals surface area contributed by atoms with Crippen LogP contribution < -0.4 is 0 Å². The van der Waals surface area contributed by atoms with Gasteiger partial charge in [0.1, 0.15) is 11.3 Å². The molecule has 0 radical (unpaired) electrons. The average Bonchev–Trinajstić information content (AvgIpc) is 2.84. The van der Waals surface area contributed by atoms with Gasteiger partial charge in [0.2, 0.25) is 0 Å². The summed E-state index contributed by atoms with van der Waals surface area (Å²) < 4.78 is 16.9. The maximum absolute atomic E-state index is 16.9. The largest absolute Gasteiger partial charge is 0.475 e. The molecule has 4 aliphatic carbocycles. The van der Waals surface area contributed by atoms with Crippen LogP contribution in [0.3, 0.4) is 0 Å². The lowest BCUT2D eigenvalue weighted by Crippen LogP contribution is -2.70. The predicted molar refractivity (Wildman–Crippen MR) is 101 cm³/mol. The van der Waals surface area contributed by atoms with E-state index in [9.17, 15) is 29.7 Å². The number of fused-ring (bicyclic) bond motifs is 5. The molecule has 8 atom stereocenters. The van der Waals surface area contributed by atoms with Crippen LogP contribution in [0, 0.1) is 28.6 Å². The first-order valence-corrected chi connectivity index (χ1v) is 10.4. The number of ketones is 2. The first-order valence-electron chi connectivity index (χ1n) is 10.4. The molecule has 0 aliphatic heterocycles. The lowest BCUT2D eigenvalue weighted by molar-refractivity contribution is -0.228. The van der Waals surface area contributed by atoms with Crippen LogP contribution in [0.25, 0.3) is 0 Å². The summed E-state index contributed by atoms with van der Waals surface area (Å²) in [6.07, 6.45) is 1.66. The molecule has 29 heavy (non-hydrogen) atoms. The van der Waals surface area contributed by atoms with E-state index in [0.717, 1.165) is 5.57 Å². The lowest BCUT2D eigenvalue weighted by atomic mass is 9.44. The van der Waals surface area contributed by atoms with Gasteiger partial charge in [-0.1, -0.05) is 26.3 Å². The van der Waals surface area contributed by atoms with E-state index < -0.39 is 57.7 Å². The van der Waals surface area contributed by atoms with Gasteiger partial charge in [-0.15, -0.1) is 0 Å². The number of alkyl halides is 1. The van der Waals surface area contributed by atoms with Crippen molar-refractivity contribution in [1.29, 1.82) is 0 Å². The Balaban J connectivity index is 1.83. The van der Waals surface area contributed by atoms with Gasteiger partial charge in [-0.05, 0) is 50.0 Å².